The van der Waals surface area contributed by atoms with Crippen LogP contribution in [0.4, 0.5) is 5.95 Å². The van der Waals surface area contributed by atoms with Crippen molar-refractivity contribution in [2.75, 3.05) is 38.2 Å². The Morgan fingerprint density at radius 3 is 2.37 bits per heavy atom. The number of hydrogen-bond donors (Lipinski definition) is 1. The number of rotatable bonds is 5. The number of carbonyl (C=O) groups excluding carboxylic acids is 1. The topological polar surface area (TPSA) is 80.2 Å². The van der Waals surface area contributed by atoms with Crippen LogP contribution in [0.25, 0.3) is 33.4 Å². The van der Waals surface area contributed by atoms with Crippen molar-refractivity contribution in [1.82, 2.24) is 19.9 Å². The zero-order chi connectivity index (χ0) is 24.4. The number of carbonyl (C=O) groups is 1. The molecule has 0 aliphatic carbocycles. The summed E-state index contributed by atoms with van der Waals surface area (Å²) in [7, 11) is 0. The molecular weight excluding hydrogens is 509 g/mol. The molecule has 1 aliphatic heterocycles. The smallest absolute Gasteiger partial charge is 0.240 e. The van der Waals surface area contributed by atoms with E-state index < -0.39 is 0 Å². The molecule has 5 rings (SSSR count). The fourth-order valence-electron chi connectivity index (χ4n) is 3.84. The minimum absolute atomic E-state index is 0.174. The van der Waals surface area contributed by atoms with E-state index in [1.54, 1.807) is 24.3 Å². The molecule has 3 heterocycles. The molecule has 1 amide bonds. The molecule has 1 fully saturated rings. The number of nitrogens with one attached hydrogen (secondary N) is 1. The predicted octanol–water partition coefficient (Wildman–Crippen LogP) is 5.59. The van der Waals surface area contributed by atoms with E-state index in [4.69, 9.17) is 39.5 Å². The van der Waals surface area contributed by atoms with Crippen LogP contribution in [0.5, 0.6) is 0 Å². The number of ether oxygens (including phenoxy) is 1. The Hall–Kier alpha value is -2.81. The Morgan fingerprint density at radius 1 is 0.886 bits per heavy atom. The summed E-state index contributed by atoms with van der Waals surface area (Å²) in [5, 5.41) is 5.14. The van der Waals surface area contributed by atoms with Crippen LogP contribution in [-0.4, -0.2) is 58.6 Å². The van der Waals surface area contributed by atoms with E-state index in [1.807, 2.05) is 35.2 Å². The Balaban J connectivity index is 1.54. The molecule has 0 spiro atoms. The van der Waals surface area contributed by atoms with Crippen LogP contribution >= 0.6 is 34.8 Å². The van der Waals surface area contributed by atoms with Crippen molar-refractivity contribution < 1.29 is 9.53 Å². The molecule has 4 aromatic rings. The summed E-state index contributed by atoms with van der Waals surface area (Å²) in [6.45, 7) is 2.84. The highest BCUT2D eigenvalue weighted by molar-refractivity contribution is 6.33. The number of fused-ring (bicyclic) bond motifs is 1. The lowest BCUT2D eigenvalue weighted by atomic mass is 10.1. The van der Waals surface area contributed by atoms with Gasteiger partial charge in [0.2, 0.25) is 11.9 Å². The largest absolute Gasteiger partial charge is 0.379 e. The van der Waals surface area contributed by atoms with Crippen molar-refractivity contribution in [2.45, 2.75) is 0 Å². The zero-order valence-electron chi connectivity index (χ0n) is 18.5. The Kier molecular flexibility index (Phi) is 7.13. The van der Waals surface area contributed by atoms with E-state index in [0.717, 1.165) is 10.9 Å². The molecule has 1 N–H and O–H groups in total. The third-order valence-electron chi connectivity index (χ3n) is 5.59. The maximum absolute atomic E-state index is 12.8. The summed E-state index contributed by atoms with van der Waals surface area (Å²) < 4.78 is 5.35. The van der Waals surface area contributed by atoms with Crippen molar-refractivity contribution in [2.24, 2.45) is 0 Å². The van der Waals surface area contributed by atoms with Gasteiger partial charge in [-0.15, -0.1) is 0 Å². The normalized spacial score (nSPS) is 14.3. The monoisotopic (exact) mass is 527 g/mol. The van der Waals surface area contributed by atoms with E-state index in [2.05, 4.69) is 20.3 Å². The van der Waals surface area contributed by atoms with Crippen LogP contribution in [0.3, 0.4) is 0 Å². The van der Waals surface area contributed by atoms with Crippen LogP contribution in [0.1, 0.15) is 0 Å². The number of nitrogens with zero attached hydrogens (tertiary/aromatic N) is 4. The first-order valence-corrected chi connectivity index (χ1v) is 12.1. The van der Waals surface area contributed by atoms with E-state index in [0.29, 0.717) is 58.8 Å². The van der Waals surface area contributed by atoms with E-state index in [9.17, 15) is 4.79 Å². The van der Waals surface area contributed by atoms with Crippen LogP contribution in [0, 0.1) is 0 Å². The first-order chi connectivity index (χ1) is 16.9. The quantitative estimate of drug-likeness (QED) is 0.340. The van der Waals surface area contributed by atoms with Gasteiger partial charge in [0.05, 0.1) is 36.7 Å². The van der Waals surface area contributed by atoms with E-state index >= 15 is 0 Å². The number of pyridine rings is 1. The van der Waals surface area contributed by atoms with E-state index in [1.165, 1.54) is 0 Å². The number of benzene rings is 2. The van der Waals surface area contributed by atoms with Gasteiger partial charge < -0.3 is 4.74 Å². The lowest BCUT2D eigenvalue weighted by Gasteiger charge is -2.25. The van der Waals surface area contributed by atoms with E-state index in [-0.39, 0.29) is 23.6 Å². The number of halogens is 3. The number of amides is 1. The molecule has 0 atom stereocenters. The van der Waals surface area contributed by atoms with Gasteiger partial charge in [0.1, 0.15) is 5.15 Å². The van der Waals surface area contributed by atoms with Crippen LogP contribution in [0.15, 0.2) is 54.6 Å². The second kappa shape index (κ2) is 10.4. The fraction of sp³-hybridized carbons (Fsp3) is 0.200. The number of aromatic nitrogens is 3. The molecule has 0 unspecified atom stereocenters. The summed E-state index contributed by atoms with van der Waals surface area (Å²) in [6, 6.07) is 16.3. The molecule has 35 heavy (non-hydrogen) atoms. The molecule has 2 aromatic heterocycles. The molecule has 7 nitrogen and oxygen atoms in total. The molecule has 2 aromatic carbocycles. The second-order valence-electron chi connectivity index (χ2n) is 8.07. The second-order valence-corrected chi connectivity index (χ2v) is 9.30. The number of hydrogen-bond acceptors (Lipinski definition) is 6. The zero-order valence-corrected chi connectivity index (χ0v) is 20.7. The Morgan fingerprint density at radius 2 is 1.60 bits per heavy atom. The fourth-order valence-corrected chi connectivity index (χ4v) is 4.39. The molecule has 1 aliphatic rings. The standard InChI is InChI=1S/C25H20Cl3N5O2/c26-17-3-1-15(2-4-17)21-13-22(19-12-16-11-18(27)5-6-20(16)29-24(19)28)31-25(30-21)32-23(34)14-33-7-9-35-10-8-33/h1-6,11-13H,7-10,14H2,(H,30,31,32,34). The van der Waals surface area contributed by atoms with Gasteiger partial charge >= 0.3 is 0 Å². The molecule has 0 bridgehead atoms. The summed E-state index contributed by atoms with van der Waals surface area (Å²) in [5.74, 6) is -0.0337. The van der Waals surface area contributed by atoms with Gasteiger partial charge in [-0.05, 0) is 42.5 Å². The van der Waals surface area contributed by atoms with Gasteiger partial charge in [0.25, 0.3) is 0 Å². The van der Waals surface area contributed by atoms with Gasteiger partial charge in [-0.25, -0.2) is 15.0 Å². The minimum Gasteiger partial charge on any atom is -0.379 e. The van der Waals surface area contributed by atoms with Crippen molar-refractivity contribution in [3.63, 3.8) is 0 Å². The summed E-state index contributed by atoms with van der Waals surface area (Å²) >= 11 is 18.8. The Labute approximate surface area is 217 Å². The molecule has 1 saturated heterocycles. The van der Waals surface area contributed by atoms with Gasteiger partial charge in [-0.3, -0.25) is 15.0 Å². The van der Waals surface area contributed by atoms with Crippen LogP contribution in [-0.2, 0) is 9.53 Å². The molecule has 0 radical (unpaired) electrons. The summed E-state index contributed by atoms with van der Waals surface area (Å²) in [4.78, 5) is 28.5. The third kappa shape index (κ3) is 5.72. The maximum atomic E-state index is 12.8. The van der Waals surface area contributed by atoms with Gasteiger partial charge in [-0.1, -0.05) is 46.9 Å². The molecule has 10 heteroatoms. The van der Waals surface area contributed by atoms with Gasteiger partial charge in [-0.2, -0.15) is 0 Å². The minimum atomic E-state index is -0.208. The van der Waals surface area contributed by atoms with Crippen molar-refractivity contribution in [3.8, 4) is 22.5 Å². The molecule has 178 valence electrons. The first-order valence-electron chi connectivity index (χ1n) is 11.0. The number of morpholine rings is 1. The highest BCUT2D eigenvalue weighted by Gasteiger charge is 2.18. The van der Waals surface area contributed by atoms with Crippen molar-refractivity contribution in [3.05, 3.63) is 69.8 Å². The Bertz CT molecular complexity index is 1390. The average molecular weight is 529 g/mol. The highest BCUT2D eigenvalue weighted by Crippen LogP contribution is 2.32. The van der Waals surface area contributed by atoms with Crippen molar-refractivity contribution >= 4 is 57.6 Å². The van der Waals surface area contributed by atoms with Gasteiger partial charge in [0, 0.05) is 39.6 Å². The third-order valence-corrected chi connectivity index (χ3v) is 6.37. The maximum Gasteiger partial charge on any atom is 0.240 e. The van der Waals surface area contributed by atoms with Crippen LogP contribution in [0.2, 0.25) is 15.2 Å². The van der Waals surface area contributed by atoms with Crippen LogP contribution < -0.4 is 5.32 Å². The first kappa shape index (κ1) is 23.9. The summed E-state index contributed by atoms with van der Waals surface area (Å²) in [5.41, 5.74) is 3.26. The van der Waals surface area contributed by atoms with Crippen molar-refractivity contribution in [1.29, 1.82) is 0 Å². The molecule has 0 saturated carbocycles. The number of anilines is 1. The highest BCUT2D eigenvalue weighted by atomic mass is 35.5. The predicted molar refractivity (Wildman–Crippen MR) is 139 cm³/mol. The SMILES string of the molecule is O=C(CN1CCOCC1)Nc1nc(-c2ccc(Cl)cc2)cc(-c2cc3cc(Cl)ccc3nc2Cl)n1. The summed E-state index contributed by atoms with van der Waals surface area (Å²) in [6.07, 6.45) is 0. The molecular formula is C25H20Cl3N5O2. The van der Waals surface area contributed by atoms with Gasteiger partial charge in [0.15, 0.2) is 0 Å². The average Bonchev–Trinajstić information content (AvgIpc) is 2.84. The lowest BCUT2D eigenvalue weighted by Crippen LogP contribution is -2.41. The lowest BCUT2D eigenvalue weighted by molar-refractivity contribution is -0.118.